The van der Waals surface area contributed by atoms with Crippen molar-refractivity contribution >= 4 is 0 Å². The van der Waals surface area contributed by atoms with Crippen LogP contribution in [0.3, 0.4) is 0 Å². The van der Waals surface area contributed by atoms with E-state index in [-0.39, 0.29) is 0 Å². The molecule has 1 nitrogen and oxygen atoms in total. The van der Waals surface area contributed by atoms with Crippen molar-refractivity contribution in [2.75, 3.05) is 13.7 Å². The van der Waals surface area contributed by atoms with Crippen LogP contribution in [-0.2, 0) is 11.2 Å². The Hall–Kier alpha value is -0.820. The Balaban J connectivity index is 0.000000336. The van der Waals surface area contributed by atoms with Crippen LogP contribution in [0.2, 0.25) is 0 Å². The molecule has 86 valence electrons. The molecule has 15 heavy (non-hydrogen) atoms. The van der Waals surface area contributed by atoms with Gasteiger partial charge in [-0.3, -0.25) is 0 Å². The molecule has 1 aromatic carbocycles. The summed E-state index contributed by atoms with van der Waals surface area (Å²) in [7, 11) is 1.71. The molecule has 0 atom stereocenters. The van der Waals surface area contributed by atoms with E-state index < -0.39 is 0 Å². The van der Waals surface area contributed by atoms with Crippen LogP contribution in [0.4, 0.5) is 0 Å². The molecule has 0 aliphatic rings. The van der Waals surface area contributed by atoms with Gasteiger partial charge in [0.25, 0.3) is 0 Å². The third kappa shape index (κ3) is 8.19. The second-order valence-electron chi connectivity index (χ2n) is 3.73. The van der Waals surface area contributed by atoms with E-state index in [1.807, 2.05) is 0 Å². The fourth-order valence-electron chi connectivity index (χ4n) is 1.25. The maximum Gasteiger partial charge on any atom is 0.0459 e. The van der Waals surface area contributed by atoms with Crippen LogP contribution in [0, 0.1) is 6.92 Å². The fraction of sp³-hybridized carbons (Fsp3) is 0.571. The number of hydrogen-bond donors (Lipinski definition) is 0. The summed E-state index contributed by atoms with van der Waals surface area (Å²) in [4.78, 5) is 0. The number of hydrogen-bond acceptors (Lipinski definition) is 1. The second-order valence-corrected chi connectivity index (χ2v) is 3.73. The van der Waals surface area contributed by atoms with Crippen molar-refractivity contribution in [1.82, 2.24) is 0 Å². The van der Waals surface area contributed by atoms with Gasteiger partial charge in [0.15, 0.2) is 0 Å². The lowest BCUT2D eigenvalue weighted by molar-refractivity contribution is 0.199. The van der Waals surface area contributed by atoms with Gasteiger partial charge in [-0.05, 0) is 25.3 Å². The van der Waals surface area contributed by atoms with Crippen LogP contribution in [-0.4, -0.2) is 13.7 Å². The molecule has 0 spiro atoms. The van der Waals surface area contributed by atoms with Crippen molar-refractivity contribution in [3.8, 4) is 0 Å². The summed E-state index contributed by atoms with van der Waals surface area (Å²) in [5, 5.41) is 0. The number of benzene rings is 1. The zero-order valence-corrected chi connectivity index (χ0v) is 10.5. The van der Waals surface area contributed by atoms with E-state index in [4.69, 9.17) is 4.74 Å². The van der Waals surface area contributed by atoms with Gasteiger partial charge >= 0.3 is 0 Å². The van der Waals surface area contributed by atoms with Crippen LogP contribution < -0.4 is 0 Å². The van der Waals surface area contributed by atoms with Crippen molar-refractivity contribution < 1.29 is 4.74 Å². The van der Waals surface area contributed by atoms with Crippen LogP contribution in [0.25, 0.3) is 0 Å². The summed E-state index contributed by atoms with van der Waals surface area (Å²) in [6, 6.07) is 8.76. The van der Waals surface area contributed by atoms with Gasteiger partial charge in [-0.2, -0.15) is 0 Å². The number of methoxy groups -OCH3 is 1. The van der Waals surface area contributed by atoms with Crippen molar-refractivity contribution in [3.05, 3.63) is 35.4 Å². The van der Waals surface area contributed by atoms with Gasteiger partial charge in [0.2, 0.25) is 0 Å². The Bertz CT molecular complexity index is 224. The quantitative estimate of drug-likeness (QED) is 0.727. The molecule has 0 saturated carbocycles. The third-order valence-corrected chi connectivity index (χ3v) is 2.07. The largest absolute Gasteiger partial charge is 0.385 e. The van der Waals surface area contributed by atoms with Crippen molar-refractivity contribution in [1.29, 1.82) is 0 Å². The molecule has 0 aliphatic carbocycles. The van der Waals surface area contributed by atoms with E-state index in [0.717, 1.165) is 13.0 Å². The Labute approximate surface area is 94.5 Å². The summed E-state index contributed by atoms with van der Waals surface area (Å²) >= 11 is 0. The zero-order valence-electron chi connectivity index (χ0n) is 10.5. The SMILES string of the molecule is CCCOC.CCCc1ccc(C)cc1. The Kier molecular flexibility index (Phi) is 9.19. The highest BCUT2D eigenvalue weighted by atomic mass is 16.5. The highest BCUT2D eigenvalue weighted by Gasteiger charge is 1.88. The molecule has 0 amide bonds. The first-order valence-electron chi connectivity index (χ1n) is 5.79. The van der Waals surface area contributed by atoms with Crippen LogP contribution in [0.1, 0.15) is 37.8 Å². The van der Waals surface area contributed by atoms with Gasteiger partial charge in [-0.25, -0.2) is 0 Å². The lowest BCUT2D eigenvalue weighted by Crippen LogP contribution is -1.81. The van der Waals surface area contributed by atoms with Gasteiger partial charge in [0.05, 0.1) is 0 Å². The molecular formula is C14H24O. The summed E-state index contributed by atoms with van der Waals surface area (Å²) in [5.74, 6) is 0. The predicted molar refractivity (Wildman–Crippen MR) is 67.3 cm³/mol. The average Bonchev–Trinajstić information content (AvgIpc) is 2.24. The second kappa shape index (κ2) is 9.72. The number of aryl methyl sites for hydroxylation is 2. The monoisotopic (exact) mass is 208 g/mol. The smallest absolute Gasteiger partial charge is 0.0459 e. The van der Waals surface area contributed by atoms with Crippen LogP contribution in [0.15, 0.2) is 24.3 Å². The third-order valence-electron chi connectivity index (χ3n) is 2.07. The van der Waals surface area contributed by atoms with E-state index in [1.165, 1.54) is 24.0 Å². The number of rotatable bonds is 4. The predicted octanol–water partition coefficient (Wildman–Crippen LogP) is 3.99. The summed E-state index contributed by atoms with van der Waals surface area (Å²) < 4.78 is 4.69. The van der Waals surface area contributed by atoms with Gasteiger partial charge in [0, 0.05) is 13.7 Å². The minimum atomic E-state index is 0.889. The highest BCUT2D eigenvalue weighted by molar-refractivity contribution is 5.21. The van der Waals surface area contributed by atoms with E-state index in [9.17, 15) is 0 Å². The van der Waals surface area contributed by atoms with Crippen LogP contribution in [0.5, 0.6) is 0 Å². The maximum atomic E-state index is 4.69. The Morgan fingerprint density at radius 1 is 1.00 bits per heavy atom. The van der Waals surface area contributed by atoms with E-state index in [2.05, 4.69) is 45.0 Å². The van der Waals surface area contributed by atoms with Gasteiger partial charge in [-0.15, -0.1) is 0 Å². The lowest BCUT2D eigenvalue weighted by atomic mass is 10.1. The molecule has 0 fully saturated rings. The topological polar surface area (TPSA) is 9.23 Å². The van der Waals surface area contributed by atoms with Crippen molar-refractivity contribution in [2.45, 2.75) is 40.0 Å². The minimum absolute atomic E-state index is 0.889. The molecule has 1 aromatic rings. The molecule has 0 aromatic heterocycles. The molecule has 0 N–H and O–H groups in total. The van der Waals surface area contributed by atoms with Gasteiger partial charge in [0.1, 0.15) is 0 Å². The lowest BCUT2D eigenvalue weighted by Gasteiger charge is -1.97. The van der Waals surface area contributed by atoms with Crippen molar-refractivity contribution in [3.63, 3.8) is 0 Å². The molecule has 0 saturated heterocycles. The fourth-order valence-corrected chi connectivity index (χ4v) is 1.25. The molecule has 0 bridgehead atoms. The summed E-state index contributed by atoms with van der Waals surface area (Å²) in [5.41, 5.74) is 2.80. The van der Waals surface area contributed by atoms with E-state index >= 15 is 0 Å². The molecule has 1 heteroatoms. The molecule has 0 unspecified atom stereocenters. The molecule has 0 aliphatic heterocycles. The van der Waals surface area contributed by atoms with Crippen LogP contribution >= 0.6 is 0 Å². The highest BCUT2D eigenvalue weighted by Crippen LogP contribution is 2.04. The van der Waals surface area contributed by atoms with E-state index in [1.54, 1.807) is 7.11 Å². The zero-order chi connectivity index (χ0) is 11.5. The Morgan fingerprint density at radius 3 is 1.93 bits per heavy atom. The minimum Gasteiger partial charge on any atom is -0.385 e. The first-order valence-corrected chi connectivity index (χ1v) is 5.79. The maximum absolute atomic E-state index is 4.69. The Morgan fingerprint density at radius 2 is 1.60 bits per heavy atom. The van der Waals surface area contributed by atoms with E-state index in [0.29, 0.717) is 0 Å². The first-order chi connectivity index (χ1) is 7.24. The first kappa shape index (κ1) is 14.2. The van der Waals surface area contributed by atoms with Crippen molar-refractivity contribution in [2.24, 2.45) is 0 Å². The molecule has 0 heterocycles. The van der Waals surface area contributed by atoms with Gasteiger partial charge < -0.3 is 4.74 Å². The normalized spacial score (nSPS) is 9.33. The average molecular weight is 208 g/mol. The summed E-state index contributed by atoms with van der Waals surface area (Å²) in [6.45, 7) is 7.30. The number of ether oxygens (including phenoxy) is 1. The molecule has 1 rings (SSSR count). The van der Waals surface area contributed by atoms with Gasteiger partial charge in [-0.1, -0.05) is 50.1 Å². The molecule has 0 radical (unpaired) electrons. The summed E-state index contributed by atoms with van der Waals surface area (Å²) in [6.07, 6.45) is 3.57. The standard InChI is InChI=1S/C10H14.C4H10O/c1-3-4-10-7-5-9(2)6-8-10;1-3-4-5-2/h5-8H,3-4H2,1-2H3;3-4H2,1-2H3. The molecular weight excluding hydrogens is 184 g/mol.